The third-order valence-electron chi connectivity index (χ3n) is 4.82. The van der Waals surface area contributed by atoms with E-state index in [2.05, 4.69) is 21.3 Å². The molecule has 12 nitrogen and oxygen atoms in total. The fraction of sp³-hybridized carbons (Fsp3) is 0.273. The van der Waals surface area contributed by atoms with Crippen molar-refractivity contribution < 1.29 is 19.4 Å². The average molecular weight is 533 g/mol. The van der Waals surface area contributed by atoms with Crippen LogP contribution in [0.4, 0.5) is 11.4 Å². The summed E-state index contributed by atoms with van der Waals surface area (Å²) < 4.78 is 0. The summed E-state index contributed by atoms with van der Waals surface area (Å²) in [7, 11) is 0. The van der Waals surface area contributed by atoms with Gasteiger partial charge in [0, 0.05) is 25.2 Å². The predicted molar refractivity (Wildman–Crippen MR) is 141 cm³/mol. The van der Waals surface area contributed by atoms with Crippen molar-refractivity contribution in [3.05, 3.63) is 79.9 Å². The van der Waals surface area contributed by atoms with Crippen LogP contribution in [0, 0.1) is 20.2 Å². The van der Waals surface area contributed by atoms with E-state index in [-0.39, 0.29) is 32.7 Å². The van der Waals surface area contributed by atoms with Gasteiger partial charge in [0.1, 0.15) is 11.1 Å². The lowest BCUT2D eigenvalue weighted by atomic mass is 10.1. The Kier molecular flexibility index (Phi) is 11.3. The highest BCUT2D eigenvalue weighted by Gasteiger charge is 2.20. The fourth-order valence-electron chi connectivity index (χ4n) is 3.09. The number of benzene rings is 2. The summed E-state index contributed by atoms with van der Waals surface area (Å²) in [6.45, 7) is 1.02. The molecule has 36 heavy (non-hydrogen) atoms. The molecule has 2 rings (SSSR count). The Bertz CT molecular complexity index is 1070. The molecule has 2 aromatic carbocycles. The maximum atomic E-state index is 12.2. The van der Waals surface area contributed by atoms with E-state index in [1.54, 1.807) is 0 Å². The minimum absolute atomic E-state index is 0.0738. The van der Waals surface area contributed by atoms with E-state index in [0.29, 0.717) is 13.1 Å². The zero-order valence-corrected chi connectivity index (χ0v) is 20.7. The Morgan fingerprint density at radius 3 is 1.39 bits per heavy atom. The van der Waals surface area contributed by atoms with Gasteiger partial charge in [-0.1, -0.05) is 37.1 Å². The molecule has 0 spiro atoms. The van der Waals surface area contributed by atoms with Crippen LogP contribution in [0.5, 0.6) is 0 Å². The standard InChI is InChI=1S/C22H24N6O6S2/c29-19(15-9-3-5-11-17(15)27(31)32)25-21(35)23-13-7-1-2-8-14-24-22(36)26-20(30)16-10-4-6-12-18(16)28(33)34/h3-6,9-12H,1-2,7-8,13-14H2,(H2,23,25,29,35)(H2,24,26,30,36). The summed E-state index contributed by atoms with van der Waals surface area (Å²) >= 11 is 10.1. The molecular weight excluding hydrogens is 508 g/mol. The molecule has 0 aliphatic rings. The first kappa shape index (κ1) is 28.2. The maximum absolute atomic E-state index is 12.2. The number of amides is 2. The number of para-hydroxylation sites is 2. The van der Waals surface area contributed by atoms with Crippen LogP contribution in [0.25, 0.3) is 0 Å². The van der Waals surface area contributed by atoms with Gasteiger partial charge in [0.2, 0.25) is 0 Å². The van der Waals surface area contributed by atoms with Crippen molar-refractivity contribution in [1.82, 2.24) is 21.3 Å². The zero-order chi connectivity index (χ0) is 26.5. The van der Waals surface area contributed by atoms with Crippen LogP contribution < -0.4 is 21.3 Å². The quantitative estimate of drug-likeness (QED) is 0.146. The molecule has 0 heterocycles. The summed E-state index contributed by atoms with van der Waals surface area (Å²) in [5.41, 5.74) is -0.746. The topological polar surface area (TPSA) is 169 Å². The summed E-state index contributed by atoms with van der Waals surface area (Å²) in [4.78, 5) is 45.2. The van der Waals surface area contributed by atoms with Crippen molar-refractivity contribution in [3.8, 4) is 0 Å². The lowest BCUT2D eigenvalue weighted by Gasteiger charge is -2.11. The summed E-state index contributed by atoms with van der Waals surface area (Å²) in [6.07, 6.45) is 3.23. The number of carbonyl (C=O) groups excluding carboxylic acids is 2. The third kappa shape index (κ3) is 8.96. The van der Waals surface area contributed by atoms with E-state index in [9.17, 15) is 29.8 Å². The molecule has 0 aliphatic heterocycles. The highest BCUT2D eigenvalue weighted by Crippen LogP contribution is 2.18. The van der Waals surface area contributed by atoms with Gasteiger partial charge in [0.25, 0.3) is 23.2 Å². The molecule has 0 aromatic heterocycles. The lowest BCUT2D eigenvalue weighted by Crippen LogP contribution is -2.40. The van der Waals surface area contributed by atoms with Crippen molar-refractivity contribution in [2.24, 2.45) is 0 Å². The molecule has 0 bridgehead atoms. The number of hydrogen-bond acceptors (Lipinski definition) is 8. The zero-order valence-electron chi connectivity index (χ0n) is 19.0. The number of rotatable bonds is 11. The molecule has 0 radical (unpaired) electrons. The molecule has 2 amide bonds. The van der Waals surface area contributed by atoms with Gasteiger partial charge in [-0.15, -0.1) is 0 Å². The molecule has 0 atom stereocenters. The number of nitro benzene ring substituents is 2. The van der Waals surface area contributed by atoms with Gasteiger partial charge in [0.05, 0.1) is 9.85 Å². The molecule has 190 valence electrons. The first-order chi connectivity index (χ1) is 17.2. The van der Waals surface area contributed by atoms with E-state index in [1.807, 2.05) is 0 Å². The number of unbranched alkanes of at least 4 members (excludes halogenated alkanes) is 3. The van der Waals surface area contributed by atoms with Crippen LogP contribution in [0.1, 0.15) is 46.4 Å². The number of nitrogens with one attached hydrogen (secondary N) is 4. The summed E-state index contributed by atoms with van der Waals surface area (Å²) in [5.74, 6) is -1.31. The van der Waals surface area contributed by atoms with Gasteiger partial charge in [0.15, 0.2) is 10.2 Å². The Morgan fingerprint density at radius 2 is 1.03 bits per heavy atom. The van der Waals surface area contributed by atoms with Gasteiger partial charge in [-0.3, -0.25) is 40.5 Å². The number of thiocarbonyl (C=S) groups is 2. The molecule has 0 unspecified atom stereocenters. The van der Waals surface area contributed by atoms with E-state index in [4.69, 9.17) is 24.4 Å². The second-order valence-corrected chi connectivity index (χ2v) is 8.20. The Morgan fingerprint density at radius 1 is 0.667 bits per heavy atom. The molecule has 0 aliphatic carbocycles. The SMILES string of the molecule is O=C(NC(=S)NCCCCCCNC(=S)NC(=O)c1ccccc1[N+](=O)[O-])c1ccccc1[N+](=O)[O-]. The van der Waals surface area contributed by atoms with Gasteiger partial charge in [-0.05, 0) is 49.4 Å². The van der Waals surface area contributed by atoms with Crippen molar-refractivity contribution in [2.75, 3.05) is 13.1 Å². The van der Waals surface area contributed by atoms with Crippen LogP contribution in [0.2, 0.25) is 0 Å². The number of hydrogen-bond donors (Lipinski definition) is 4. The first-order valence-corrected chi connectivity index (χ1v) is 11.7. The van der Waals surface area contributed by atoms with Gasteiger partial charge in [-0.2, -0.15) is 0 Å². The second-order valence-electron chi connectivity index (χ2n) is 7.38. The summed E-state index contributed by atoms with van der Waals surface area (Å²) in [6, 6.07) is 11.2. The Hall–Kier alpha value is -4.04. The maximum Gasteiger partial charge on any atom is 0.282 e. The highest BCUT2D eigenvalue weighted by atomic mass is 32.1. The minimum atomic E-state index is -0.657. The van der Waals surface area contributed by atoms with Crippen LogP contribution in [-0.2, 0) is 0 Å². The normalized spacial score (nSPS) is 10.1. The average Bonchev–Trinajstić information content (AvgIpc) is 2.85. The second kappa shape index (κ2) is 14.4. The first-order valence-electron chi connectivity index (χ1n) is 10.9. The van der Waals surface area contributed by atoms with E-state index >= 15 is 0 Å². The van der Waals surface area contributed by atoms with E-state index in [1.165, 1.54) is 48.5 Å². The van der Waals surface area contributed by atoms with Crippen molar-refractivity contribution >= 4 is 57.8 Å². The number of nitrogens with zero attached hydrogens (tertiary/aromatic N) is 2. The smallest absolute Gasteiger partial charge is 0.282 e. The molecule has 0 saturated heterocycles. The van der Waals surface area contributed by atoms with Gasteiger partial charge in [-0.25, -0.2) is 0 Å². The van der Waals surface area contributed by atoms with Crippen molar-refractivity contribution in [3.63, 3.8) is 0 Å². The number of carbonyl (C=O) groups is 2. The van der Waals surface area contributed by atoms with Gasteiger partial charge < -0.3 is 10.6 Å². The fourth-order valence-corrected chi connectivity index (χ4v) is 3.48. The van der Waals surface area contributed by atoms with Crippen LogP contribution in [-0.4, -0.2) is 45.0 Å². The van der Waals surface area contributed by atoms with Gasteiger partial charge >= 0.3 is 0 Å². The monoisotopic (exact) mass is 532 g/mol. The van der Waals surface area contributed by atoms with Crippen LogP contribution >= 0.6 is 24.4 Å². The molecule has 4 N–H and O–H groups in total. The molecule has 0 saturated carbocycles. The Labute approximate surface area is 217 Å². The Balaban J connectivity index is 1.59. The largest absolute Gasteiger partial charge is 0.362 e. The minimum Gasteiger partial charge on any atom is -0.362 e. The van der Waals surface area contributed by atoms with E-state index < -0.39 is 21.7 Å². The van der Waals surface area contributed by atoms with Crippen LogP contribution in [0.15, 0.2) is 48.5 Å². The molecule has 2 aromatic rings. The molecule has 14 heteroatoms. The van der Waals surface area contributed by atoms with Crippen molar-refractivity contribution in [1.29, 1.82) is 0 Å². The summed E-state index contributed by atoms with van der Waals surface area (Å²) in [5, 5.41) is 32.9. The van der Waals surface area contributed by atoms with E-state index in [0.717, 1.165) is 25.7 Å². The van der Waals surface area contributed by atoms with Crippen molar-refractivity contribution in [2.45, 2.75) is 25.7 Å². The predicted octanol–water partition coefficient (Wildman–Crippen LogP) is 2.97. The third-order valence-corrected chi connectivity index (χ3v) is 5.31. The lowest BCUT2D eigenvalue weighted by molar-refractivity contribution is -0.385. The molecule has 0 fully saturated rings. The molecular formula is C22H24N6O6S2. The number of nitro groups is 2. The highest BCUT2D eigenvalue weighted by molar-refractivity contribution is 7.80. The van der Waals surface area contributed by atoms with Crippen LogP contribution in [0.3, 0.4) is 0 Å².